The van der Waals surface area contributed by atoms with E-state index < -0.39 is 0 Å². The first-order valence-corrected chi connectivity index (χ1v) is 4.66. The van der Waals surface area contributed by atoms with Crippen LogP contribution in [0.4, 0.5) is 0 Å². The molecule has 0 amide bonds. The molecule has 0 aliphatic rings. The second-order valence-electron chi connectivity index (χ2n) is 3.51. The first-order valence-electron chi connectivity index (χ1n) is 4.66. The minimum atomic E-state index is 0.535. The van der Waals surface area contributed by atoms with Gasteiger partial charge in [0.1, 0.15) is 0 Å². The summed E-state index contributed by atoms with van der Waals surface area (Å²) in [5, 5.41) is 2.18. The summed E-state index contributed by atoms with van der Waals surface area (Å²) in [5.41, 5.74) is 1.25. The van der Waals surface area contributed by atoms with Crippen LogP contribution >= 0.6 is 0 Å². The van der Waals surface area contributed by atoms with Crippen molar-refractivity contribution in [2.75, 3.05) is 0 Å². The molecule has 13 heavy (non-hydrogen) atoms. The number of allylic oxidation sites excluding steroid dienone is 2. The Morgan fingerprint density at radius 3 is 2.62 bits per heavy atom. The van der Waals surface area contributed by atoms with Gasteiger partial charge in [0.05, 0.1) is 0 Å². The number of nitrogens with one attached hydrogen (secondary N) is 1. The molecule has 0 aliphatic carbocycles. The van der Waals surface area contributed by atoms with Gasteiger partial charge in [0.25, 0.3) is 0 Å². The fraction of sp³-hybridized carbons (Fsp3) is 0.364. The van der Waals surface area contributed by atoms with E-state index in [2.05, 4.69) is 38.4 Å². The van der Waals surface area contributed by atoms with Crippen molar-refractivity contribution in [3.63, 3.8) is 0 Å². The van der Waals surface area contributed by atoms with Gasteiger partial charge in [-0.1, -0.05) is 0 Å². The SMILES string of the molecule is C=c1[nH]c(C(C)C)b/c1=C/C=C\C. The van der Waals surface area contributed by atoms with Gasteiger partial charge in [0, 0.05) is 0 Å². The van der Waals surface area contributed by atoms with E-state index in [1.54, 1.807) is 0 Å². The molecule has 0 saturated carbocycles. The summed E-state index contributed by atoms with van der Waals surface area (Å²) in [6.07, 6.45) is 6.12. The molecule has 2 heteroatoms. The molecule has 1 nitrogen and oxygen atoms in total. The van der Waals surface area contributed by atoms with Gasteiger partial charge in [-0.15, -0.1) is 0 Å². The van der Waals surface area contributed by atoms with Crippen LogP contribution < -0.4 is 10.5 Å². The predicted octanol–water partition coefficient (Wildman–Crippen LogP) is 1.24. The van der Waals surface area contributed by atoms with Crippen LogP contribution in [-0.4, -0.2) is 11.9 Å². The molecule has 0 aromatic carbocycles. The number of H-pyrrole nitrogens is 1. The van der Waals surface area contributed by atoms with E-state index in [1.807, 2.05) is 19.1 Å². The van der Waals surface area contributed by atoms with Crippen LogP contribution in [0.5, 0.6) is 0 Å². The quantitative estimate of drug-likeness (QED) is 0.692. The molecule has 0 aliphatic heterocycles. The van der Waals surface area contributed by atoms with E-state index in [9.17, 15) is 0 Å². The van der Waals surface area contributed by atoms with E-state index in [1.165, 1.54) is 10.7 Å². The fourth-order valence-electron chi connectivity index (χ4n) is 1.20. The molecular weight excluding hydrogens is 157 g/mol. The summed E-state index contributed by atoms with van der Waals surface area (Å²) < 4.78 is 0. The first-order chi connectivity index (χ1) is 6.15. The number of aromatic nitrogens is 1. The molecule has 0 bridgehead atoms. The summed E-state index contributed by atoms with van der Waals surface area (Å²) in [6.45, 7) is 12.5. The summed E-state index contributed by atoms with van der Waals surface area (Å²) >= 11 is 0. The zero-order chi connectivity index (χ0) is 9.84. The topological polar surface area (TPSA) is 15.8 Å². The fourth-order valence-corrected chi connectivity index (χ4v) is 1.20. The van der Waals surface area contributed by atoms with Crippen LogP contribution in [0, 0.1) is 0 Å². The maximum absolute atomic E-state index is 3.96. The molecule has 0 spiro atoms. The molecule has 1 rings (SSSR count). The second kappa shape index (κ2) is 4.26. The summed E-state index contributed by atoms with van der Waals surface area (Å²) in [7, 11) is 0. The minimum absolute atomic E-state index is 0.535. The molecular formula is C11H16BN. The Hall–Kier alpha value is -1.05. The normalized spacial score (nSPS) is 13.1. The van der Waals surface area contributed by atoms with Gasteiger partial charge in [-0.3, -0.25) is 0 Å². The van der Waals surface area contributed by atoms with Gasteiger partial charge in [-0.25, -0.2) is 0 Å². The van der Waals surface area contributed by atoms with Crippen molar-refractivity contribution in [1.29, 1.82) is 0 Å². The Kier molecular flexibility index (Phi) is 3.29. The molecule has 1 heterocycles. The van der Waals surface area contributed by atoms with Crippen LogP contribution in [-0.2, 0) is 0 Å². The molecule has 1 aromatic rings. The van der Waals surface area contributed by atoms with E-state index in [-0.39, 0.29) is 0 Å². The van der Waals surface area contributed by atoms with Gasteiger partial charge in [0.15, 0.2) is 0 Å². The van der Waals surface area contributed by atoms with Crippen molar-refractivity contribution in [3.05, 3.63) is 28.2 Å². The predicted molar refractivity (Wildman–Crippen MR) is 60.3 cm³/mol. The Bertz CT molecular complexity index is 398. The van der Waals surface area contributed by atoms with Crippen LogP contribution in [0.2, 0.25) is 0 Å². The molecule has 0 unspecified atom stereocenters. The second-order valence-corrected chi connectivity index (χ2v) is 3.51. The van der Waals surface area contributed by atoms with Crippen LogP contribution in [0.15, 0.2) is 12.2 Å². The molecule has 0 atom stereocenters. The maximum atomic E-state index is 3.96. The van der Waals surface area contributed by atoms with Gasteiger partial charge < -0.3 is 0 Å². The van der Waals surface area contributed by atoms with Gasteiger partial charge in [0.2, 0.25) is 0 Å². The van der Waals surface area contributed by atoms with Crippen molar-refractivity contribution in [2.24, 2.45) is 0 Å². The van der Waals surface area contributed by atoms with Crippen molar-refractivity contribution in [3.8, 4) is 0 Å². The number of rotatable bonds is 2. The molecule has 0 radical (unpaired) electrons. The van der Waals surface area contributed by atoms with E-state index >= 15 is 0 Å². The average Bonchev–Trinajstić information content (AvgIpc) is 2.44. The average molecular weight is 173 g/mol. The Labute approximate surface area is 80.1 Å². The Morgan fingerprint density at radius 2 is 2.15 bits per heavy atom. The molecule has 0 saturated heterocycles. The zero-order valence-corrected chi connectivity index (χ0v) is 8.59. The van der Waals surface area contributed by atoms with Crippen molar-refractivity contribution >= 4 is 19.6 Å². The molecule has 0 fully saturated rings. The Balaban J connectivity index is 3.18. The summed E-state index contributed by atoms with van der Waals surface area (Å²) in [4.78, 5) is 3.28. The van der Waals surface area contributed by atoms with Crippen LogP contribution in [0.3, 0.4) is 0 Å². The number of hydrogen-bond acceptors (Lipinski definition) is 0. The van der Waals surface area contributed by atoms with E-state index in [0.717, 1.165) is 5.35 Å². The first kappa shape index (κ1) is 10.0. The molecule has 1 N–H and O–H groups in total. The van der Waals surface area contributed by atoms with Crippen molar-refractivity contribution in [2.45, 2.75) is 26.7 Å². The third-order valence-electron chi connectivity index (χ3n) is 2.04. The van der Waals surface area contributed by atoms with Crippen LogP contribution in [0.1, 0.15) is 32.3 Å². The van der Waals surface area contributed by atoms with E-state index in [4.69, 9.17) is 0 Å². The van der Waals surface area contributed by atoms with Crippen molar-refractivity contribution in [1.82, 2.24) is 4.98 Å². The monoisotopic (exact) mass is 173 g/mol. The standard InChI is InChI=1S/C11H16BN/c1-5-6-7-10-9(4)13-11(12-10)8(2)3/h5-8,13H,4H2,1-3H3/b6-5-,10-7+. The van der Waals surface area contributed by atoms with Gasteiger partial charge >= 0.3 is 79.4 Å². The third kappa shape index (κ3) is 2.45. The Morgan fingerprint density at radius 1 is 1.46 bits per heavy atom. The third-order valence-corrected chi connectivity index (χ3v) is 2.04. The summed E-state index contributed by atoms with van der Waals surface area (Å²) in [5.74, 6) is 0.535. The summed E-state index contributed by atoms with van der Waals surface area (Å²) in [6, 6.07) is 0. The molecule has 1 aromatic heterocycles. The van der Waals surface area contributed by atoms with Crippen molar-refractivity contribution < 1.29 is 0 Å². The van der Waals surface area contributed by atoms with Crippen LogP contribution in [0.25, 0.3) is 12.7 Å². The van der Waals surface area contributed by atoms with Gasteiger partial charge in [-0.2, -0.15) is 0 Å². The molecule has 68 valence electrons. The zero-order valence-electron chi connectivity index (χ0n) is 8.59. The van der Waals surface area contributed by atoms with E-state index in [0.29, 0.717) is 5.92 Å². The van der Waals surface area contributed by atoms with Gasteiger partial charge in [-0.05, 0) is 0 Å². The number of aromatic amines is 1. The number of hydrogen-bond donors (Lipinski definition) is 1.